The van der Waals surface area contributed by atoms with Gasteiger partial charge in [0.1, 0.15) is 5.82 Å². The number of aromatic amines is 1. The molecule has 1 aliphatic rings. The minimum atomic E-state index is 0.187. The van der Waals surface area contributed by atoms with Crippen LogP contribution in [0, 0.1) is 0 Å². The number of nitrogens with zero attached hydrogens (tertiary/aromatic N) is 3. The quantitative estimate of drug-likeness (QED) is 0.879. The number of rotatable bonds is 4. The number of fused-ring (bicyclic) bond motifs is 1. The molecule has 1 aromatic heterocycles. The lowest BCUT2D eigenvalue weighted by atomic mass is 10.1. The van der Waals surface area contributed by atoms with E-state index in [2.05, 4.69) is 40.7 Å². The summed E-state index contributed by atoms with van der Waals surface area (Å²) in [5.74, 6) is 1.52. The van der Waals surface area contributed by atoms with Crippen LogP contribution in [-0.4, -0.2) is 65.3 Å². The second kappa shape index (κ2) is 6.18. The van der Waals surface area contributed by atoms with Crippen molar-refractivity contribution in [1.82, 2.24) is 19.8 Å². The van der Waals surface area contributed by atoms with E-state index in [4.69, 9.17) is 0 Å². The molecule has 0 bridgehead atoms. The summed E-state index contributed by atoms with van der Waals surface area (Å²) in [6.07, 6.45) is 0. The molecule has 2 heterocycles. The number of benzene rings is 1. The van der Waals surface area contributed by atoms with Crippen molar-refractivity contribution in [3.8, 4) is 0 Å². The van der Waals surface area contributed by atoms with Crippen molar-refractivity contribution < 1.29 is 4.79 Å². The number of imidazole rings is 1. The number of H-pyrrole nitrogens is 1. The highest BCUT2D eigenvalue weighted by atomic mass is 16.1. The van der Waals surface area contributed by atoms with Crippen molar-refractivity contribution in [3.05, 3.63) is 29.6 Å². The molecule has 1 saturated heterocycles. The van der Waals surface area contributed by atoms with Gasteiger partial charge >= 0.3 is 0 Å². The zero-order valence-corrected chi connectivity index (χ0v) is 13.6. The van der Waals surface area contributed by atoms with E-state index < -0.39 is 0 Å². The Kier molecular flexibility index (Phi) is 4.27. The molecule has 0 amide bonds. The Morgan fingerprint density at radius 3 is 2.68 bits per heavy atom. The molecule has 5 heteroatoms. The molecule has 118 valence electrons. The first-order valence-corrected chi connectivity index (χ1v) is 7.96. The molecular formula is C17H24N4O. The number of likely N-dealkylation sites (N-methyl/N-ethyl adjacent to an activating group) is 1. The van der Waals surface area contributed by atoms with Crippen LogP contribution in [0.25, 0.3) is 11.0 Å². The monoisotopic (exact) mass is 300 g/mol. The summed E-state index contributed by atoms with van der Waals surface area (Å²) in [5.41, 5.74) is 2.65. The minimum absolute atomic E-state index is 0.187. The molecule has 2 aromatic rings. The SMILES string of the molecule is CC(C)c1nc2ccc(C(=O)CN3CCN(C)CC3)cc2[nH]1. The maximum Gasteiger partial charge on any atom is 0.176 e. The summed E-state index contributed by atoms with van der Waals surface area (Å²) in [6, 6.07) is 5.77. The largest absolute Gasteiger partial charge is 0.342 e. The van der Waals surface area contributed by atoms with E-state index >= 15 is 0 Å². The van der Waals surface area contributed by atoms with Crippen LogP contribution in [-0.2, 0) is 0 Å². The Balaban J connectivity index is 1.73. The van der Waals surface area contributed by atoms with E-state index in [0.29, 0.717) is 12.5 Å². The molecule has 1 N–H and O–H groups in total. The first-order chi connectivity index (χ1) is 10.5. The number of Topliss-reactive ketones (excluding diaryl/α,β-unsaturated/α-hetero) is 1. The molecule has 0 unspecified atom stereocenters. The average Bonchev–Trinajstić information content (AvgIpc) is 2.93. The van der Waals surface area contributed by atoms with Gasteiger partial charge in [-0.25, -0.2) is 4.98 Å². The molecule has 22 heavy (non-hydrogen) atoms. The molecular weight excluding hydrogens is 276 g/mol. The molecule has 5 nitrogen and oxygen atoms in total. The van der Waals surface area contributed by atoms with E-state index in [0.717, 1.165) is 48.6 Å². The van der Waals surface area contributed by atoms with Crippen molar-refractivity contribution in [1.29, 1.82) is 0 Å². The van der Waals surface area contributed by atoms with E-state index in [1.54, 1.807) is 0 Å². The number of aromatic nitrogens is 2. The highest BCUT2D eigenvalue weighted by Crippen LogP contribution is 2.18. The standard InChI is InChI=1S/C17H24N4O/c1-12(2)17-18-14-5-4-13(10-15(14)19-17)16(22)11-21-8-6-20(3)7-9-21/h4-5,10,12H,6-9,11H2,1-3H3,(H,18,19). The van der Waals surface area contributed by atoms with E-state index in [9.17, 15) is 4.79 Å². The molecule has 3 rings (SSSR count). The van der Waals surface area contributed by atoms with Crippen LogP contribution in [0.2, 0.25) is 0 Å². The van der Waals surface area contributed by atoms with Crippen LogP contribution in [0.1, 0.15) is 35.9 Å². The van der Waals surface area contributed by atoms with Crippen LogP contribution in [0.15, 0.2) is 18.2 Å². The van der Waals surface area contributed by atoms with Gasteiger partial charge in [-0.2, -0.15) is 0 Å². The lowest BCUT2D eigenvalue weighted by molar-refractivity contribution is 0.0876. The Morgan fingerprint density at radius 1 is 1.27 bits per heavy atom. The first-order valence-electron chi connectivity index (χ1n) is 7.96. The summed E-state index contributed by atoms with van der Waals surface area (Å²) in [6.45, 7) is 8.71. The fraction of sp³-hybridized carbons (Fsp3) is 0.529. The highest BCUT2D eigenvalue weighted by molar-refractivity contribution is 6.00. The zero-order chi connectivity index (χ0) is 15.7. The summed E-state index contributed by atoms with van der Waals surface area (Å²) < 4.78 is 0. The number of hydrogen-bond acceptors (Lipinski definition) is 4. The summed E-state index contributed by atoms with van der Waals surface area (Å²) in [7, 11) is 2.12. The van der Waals surface area contributed by atoms with Crippen LogP contribution >= 0.6 is 0 Å². The van der Waals surface area contributed by atoms with Gasteiger partial charge in [0, 0.05) is 37.7 Å². The third-order valence-corrected chi connectivity index (χ3v) is 4.33. The third-order valence-electron chi connectivity index (χ3n) is 4.33. The molecule has 0 aliphatic carbocycles. The zero-order valence-electron chi connectivity index (χ0n) is 13.6. The normalized spacial score (nSPS) is 17.5. The predicted octanol–water partition coefficient (Wildman–Crippen LogP) is 2.12. The molecule has 0 atom stereocenters. The van der Waals surface area contributed by atoms with Crippen LogP contribution in [0.3, 0.4) is 0 Å². The van der Waals surface area contributed by atoms with Crippen LogP contribution in [0.4, 0.5) is 0 Å². The first kappa shape index (κ1) is 15.2. The average molecular weight is 300 g/mol. The molecule has 1 aromatic carbocycles. The smallest absolute Gasteiger partial charge is 0.176 e. The Labute approximate surface area is 131 Å². The second-order valence-electron chi connectivity index (χ2n) is 6.51. The fourth-order valence-corrected chi connectivity index (χ4v) is 2.78. The number of ketones is 1. The Morgan fingerprint density at radius 2 is 2.00 bits per heavy atom. The molecule has 0 saturated carbocycles. The number of nitrogens with one attached hydrogen (secondary N) is 1. The summed E-state index contributed by atoms with van der Waals surface area (Å²) in [5, 5.41) is 0. The van der Waals surface area contributed by atoms with Gasteiger partial charge in [0.05, 0.1) is 17.6 Å². The summed E-state index contributed by atoms with van der Waals surface area (Å²) >= 11 is 0. The lowest BCUT2D eigenvalue weighted by Crippen LogP contribution is -2.46. The predicted molar refractivity (Wildman–Crippen MR) is 88.5 cm³/mol. The highest BCUT2D eigenvalue weighted by Gasteiger charge is 2.18. The van der Waals surface area contributed by atoms with Gasteiger partial charge in [-0.3, -0.25) is 9.69 Å². The third kappa shape index (κ3) is 3.20. The maximum absolute atomic E-state index is 12.5. The van der Waals surface area contributed by atoms with Gasteiger partial charge in [-0.15, -0.1) is 0 Å². The Bertz CT molecular complexity index is 668. The number of carbonyl (C=O) groups excluding carboxylic acids is 1. The summed E-state index contributed by atoms with van der Waals surface area (Å²) in [4.78, 5) is 24.9. The maximum atomic E-state index is 12.5. The van der Waals surface area contributed by atoms with Crippen molar-refractivity contribution in [3.63, 3.8) is 0 Å². The van der Waals surface area contributed by atoms with Gasteiger partial charge in [0.15, 0.2) is 5.78 Å². The van der Waals surface area contributed by atoms with Crippen molar-refractivity contribution >= 4 is 16.8 Å². The van der Waals surface area contributed by atoms with Gasteiger partial charge in [-0.05, 0) is 25.2 Å². The molecule has 1 aliphatic heterocycles. The minimum Gasteiger partial charge on any atom is -0.342 e. The van der Waals surface area contributed by atoms with Crippen molar-refractivity contribution in [2.45, 2.75) is 19.8 Å². The van der Waals surface area contributed by atoms with Gasteiger partial charge < -0.3 is 9.88 Å². The Hall–Kier alpha value is -1.72. The number of carbonyl (C=O) groups is 1. The lowest BCUT2D eigenvalue weighted by Gasteiger charge is -2.31. The van der Waals surface area contributed by atoms with Crippen LogP contribution in [0.5, 0.6) is 0 Å². The van der Waals surface area contributed by atoms with E-state index in [1.807, 2.05) is 18.2 Å². The van der Waals surface area contributed by atoms with Gasteiger partial charge in [-0.1, -0.05) is 13.8 Å². The topological polar surface area (TPSA) is 52.2 Å². The van der Waals surface area contributed by atoms with E-state index in [1.165, 1.54) is 0 Å². The molecule has 0 radical (unpaired) electrons. The number of hydrogen-bond donors (Lipinski definition) is 1. The molecule has 0 spiro atoms. The van der Waals surface area contributed by atoms with Crippen molar-refractivity contribution in [2.75, 3.05) is 39.8 Å². The van der Waals surface area contributed by atoms with Gasteiger partial charge in [0.25, 0.3) is 0 Å². The van der Waals surface area contributed by atoms with Crippen LogP contribution < -0.4 is 0 Å². The number of piperazine rings is 1. The van der Waals surface area contributed by atoms with E-state index in [-0.39, 0.29) is 5.78 Å². The second-order valence-corrected chi connectivity index (χ2v) is 6.51. The fourth-order valence-electron chi connectivity index (χ4n) is 2.78. The van der Waals surface area contributed by atoms with Gasteiger partial charge in [0.2, 0.25) is 0 Å². The van der Waals surface area contributed by atoms with Crippen molar-refractivity contribution in [2.24, 2.45) is 0 Å². The molecule has 1 fully saturated rings.